The number of benzene rings is 2. The fraction of sp³-hybridized carbons (Fsp3) is 0.304. The van der Waals surface area contributed by atoms with Crippen LogP contribution in [0.4, 0.5) is 5.13 Å². The Bertz CT molecular complexity index is 1170. The van der Waals surface area contributed by atoms with E-state index in [1.807, 2.05) is 36.6 Å². The first-order chi connectivity index (χ1) is 15.4. The molecule has 1 aliphatic rings. The monoisotopic (exact) mass is 471 g/mol. The number of thiazole rings is 1. The first-order valence-electron chi connectivity index (χ1n) is 10.4. The molecular weight excluding hydrogens is 446 g/mol. The highest BCUT2D eigenvalue weighted by Gasteiger charge is 2.26. The Balaban J connectivity index is 1.31. The molecule has 0 aliphatic carbocycles. The molecule has 0 bridgehead atoms. The summed E-state index contributed by atoms with van der Waals surface area (Å²) in [7, 11) is -3.51. The van der Waals surface area contributed by atoms with Gasteiger partial charge in [0.15, 0.2) is 5.13 Å². The predicted molar refractivity (Wildman–Crippen MR) is 125 cm³/mol. The molecule has 0 unspecified atom stereocenters. The van der Waals surface area contributed by atoms with Crippen molar-refractivity contribution in [3.8, 4) is 11.3 Å². The first-order valence-corrected chi connectivity index (χ1v) is 12.7. The third-order valence-electron chi connectivity index (χ3n) is 5.27. The molecule has 1 aromatic heterocycles. The van der Waals surface area contributed by atoms with Crippen LogP contribution in [0.15, 0.2) is 58.8 Å². The van der Waals surface area contributed by atoms with Crippen LogP contribution in [-0.4, -0.2) is 49.9 Å². The standard InChI is InChI=1S/C23H25N3O4S2/c1-17-2-7-19(8-3-17)21-16-31-23(24-21)25-22(27)11-6-18-4-9-20(10-5-18)32(28,29)26-12-14-30-15-13-26/h2-5,7-10,16H,6,11-15H2,1H3,(H,24,25,27). The maximum Gasteiger partial charge on any atom is 0.243 e. The summed E-state index contributed by atoms with van der Waals surface area (Å²) >= 11 is 1.39. The number of carbonyl (C=O) groups is 1. The van der Waals surface area contributed by atoms with Gasteiger partial charge in [-0.1, -0.05) is 42.0 Å². The highest BCUT2D eigenvalue weighted by atomic mass is 32.2. The van der Waals surface area contributed by atoms with Crippen LogP contribution in [0.1, 0.15) is 17.5 Å². The lowest BCUT2D eigenvalue weighted by Gasteiger charge is -2.26. The number of ether oxygens (including phenoxy) is 1. The van der Waals surface area contributed by atoms with Gasteiger partial charge in [-0.25, -0.2) is 13.4 Å². The number of aryl methyl sites for hydroxylation is 2. The highest BCUT2D eigenvalue weighted by molar-refractivity contribution is 7.89. The van der Waals surface area contributed by atoms with Crippen LogP contribution >= 0.6 is 11.3 Å². The molecule has 1 aliphatic heterocycles. The van der Waals surface area contributed by atoms with Gasteiger partial charge in [-0.05, 0) is 31.0 Å². The van der Waals surface area contributed by atoms with Gasteiger partial charge in [-0.3, -0.25) is 4.79 Å². The highest BCUT2D eigenvalue weighted by Crippen LogP contribution is 2.25. The summed E-state index contributed by atoms with van der Waals surface area (Å²) in [5.74, 6) is -0.125. The van der Waals surface area contributed by atoms with Crippen molar-refractivity contribution in [3.63, 3.8) is 0 Å². The van der Waals surface area contributed by atoms with E-state index in [4.69, 9.17) is 4.74 Å². The Morgan fingerprint density at radius 1 is 1.09 bits per heavy atom. The summed E-state index contributed by atoms with van der Waals surface area (Å²) in [4.78, 5) is 17.1. The molecule has 0 saturated carbocycles. The average Bonchev–Trinajstić information content (AvgIpc) is 3.27. The van der Waals surface area contributed by atoms with Crippen LogP contribution in [0, 0.1) is 6.92 Å². The second-order valence-electron chi connectivity index (χ2n) is 7.61. The van der Waals surface area contributed by atoms with Gasteiger partial charge in [0, 0.05) is 30.5 Å². The SMILES string of the molecule is Cc1ccc(-c2csc(NC(=O)CCc3ccc(S(=O)(=O)N4CCOCC4)cc3)n2)cc1. The largest absolute Gasteiger partial charge is 0.379 e. The minimum absolute atomic E-state index is 0.125. The van der Waals surface area contributed by atoms with E-state index in [2.05, 4.69) is 10.3 Å². The van der Waals surface area contributed by atoms with Crippen LogP contribution in [0.5, 0.6) is 0 Å². The fourth-order valence-corrected chi connectivity index (χ4v) is 5.54. The van der Waals surface area contributed by atoms with Crippen LogP contribution in [-0.2, 0) is 26.0 Å². The van der Waals surface area contributed by atoms with Crippen molar-refractivity contribution in [2.24, 2.45) is 0 Å². The van der Waals surface area contributed by atoms with Crippen LogP contribution < -0.4 is 5.32 Å². The van der Waals surface area contributed by atoms with Gasteiger partial charge in [0.05, 0.1) is 23.8 Å². The minimum atomic E-state index is -3.51. The number of amides is 1. The Morgan fingerprint density at radius 2 is 1.78 bits per heavy atom. The smallest absolute Gasteiger partial charge is 0.243 e. The predicted octanol–water partition coefficient (Wildman–Crippen LogP) is 3.71. The zero-order valence-electron chi connectivity index (χ0n) is 17.8. The number of aromatic nitrogens is 1. The molecule has 168 valence electrons. The van der Waals surface area contributed by atoms with Crippen molar-refractivity contribution in [1.82, 2.24) is 9.29 Å². The second-order valence-corrected chi connectivity index (χ2v) is 10.4. The lowest BCUT2D eigenvalue weighted by Crippen LogP contribution is -2.40. The van der Waals surface area contributed by atoms with Crippen LogP contribution in [0.3, 0.4) is 0 Å². The van der Waals surface area contributed by atoms with Crippen molar-refractivity contribution in [2.75, 3.05) is 31.6 Å². The molecule has 4 rings (SSSR count). The number of sulfonamides is 1. The Morgan fingerprint density at radius 3 is 2.47 bits per heavy atom. The number of carbonyl (C=O) groups excluding carboxylic acids is 1. The number of hydrogen-bond acceptors (Lipinski definition) is 6. The minimum Gasteiger partial charge on any atom is -0.379 e. The molecule has 7 nitrogen and oxygen atoms in total. The summed E-state index contributed by atoms with van der Waals surface area (Å²) in [5.41, 5.74) is 3.94. The maximum atomic E-state index is 12.7. The molecule has 2 heterocycles. The third-order valence-corrected chi connectivity index (χ3v) is 7.94. The molecule has 1 saturated heterocycles. The Hall–Kier alpha value is -2.59. The molecule has 3 aromatic rings. The van der Waals surface area contributed by atoms with E-state index in [0.29, 0.717) is 37.9 Å². The molecule has 0 atom stereocenters. The molecule has 1 N–H and O–H groups in total. The van der Waals surface area contributed by atoms with Crippen molar-refractivity contribution in [3.05, 3.63) is 65.0 Å². The Labute approximate surface area is 192 Å². The first kappa shape index (κ1) is 22.6. The van der Waals surface area contributed by atoms with E-state index in [-0.39, 0.29) is 17.2 Å². The summed E-state index contributed by atoms with van der Waals surface area (Å²) in [5, 5.41) is 5.34. The van der Waals surface area contributed by atoms with Gasteiger partial charge in [-0.2, -0.15) is 4.31 Å². The van der Waals surface area contributed by atoms with Crippen molar-refractivity contribution >= 4 is 32.4 Å². The fourth-order valence-electron chi connectivity index (χ4n) is 3.39. The summed E-state index contributed by atoms with van der Waals surface area (Å²) < 4.78 is 32.0. The number of anilines is 1. The summed E-state index contributed by atoms with van der Waals surface area (Å²) in [6.45, 7) is 3.60. The number of nitrogens with one attached hydrogen (secondary N) is 1. The van der Waals surface area contributed by atoms with Gasteiger partial charge < -0.3 is 10.1 Å². The lowest BCUT2D eigenvalue weighted by molar-refractivity contribution is -0.116. The molecule has 0 radical (unpaired) electrons. The number of rotatable bonds is 7. The maximum absolute atomic E-state index is 12.7. The van der Waals surface area contributed by atoms with E-state index >= 15 is 0 Å². The van der Waals surface area contributed by atoms with Gasteiger partial charge in [0.2, 0.25) is 15.9 Å². The van der Waals surface area contributed by atoms with Gasteiger partial charge in [0.1, 0.15) is 0 Å². The summed E-state index contributed by atoms with van der Waals surface area (Å²) in [6, 6.07) is 14.8. The second kappa shape index (κ2) is 9.91. The van der Waals surface area contributed by atoms with Crippen LogP contribution in [0.25, 0.3) is 11.3 Å². The molecule has 2 aromatic carbocycles. The Kier molecular flexibility index (Phi) is 7.00. The quantitative estimate of drug-likeness (QED) is 0.568. The third kappa shape index (κ3) is 5.42. The normalized spacial score (nSPS) is 14.9. The van der Waals surface area contributed by atoms with E-state index in [1.54, 1.807) is 24.3 Å². The number of nitrogens with zero attached hydrogens (tertiary/aromatic N) is 2. The van der Waals surface area contributed by atoms with Gasteiger partial charge in [-0.15, -0.1) is 11.3 Å². The molecule has 32 heavy (non-hydrogen) atoms. The van der Waals surface area contributed by atoms with Gasteiger partial charge >= 0.3 is 0 Å². The topological polar surface area (TPSA) is 88.6 Å². The number of hydrogen-bond donors (Lipinski definition) is 1. The molecular formula is C23H25N3O4S2. The zero-order chi connectivity index (χ0) is 22.6. The van der Waals surface area contributed by atoms with Crippen LogP contribution in [0.2, 0.25) is 0 Å². The molecule has 1 amide bonds. The van der Waals surface area contributed by atoms with E-state index in [0.717, 1.165) is 16.8 Å². The molecule has 9 heteroatoms. The van der Waals surface area contributed by atoms with E-state index in [9.17, 15) is 13.2 Å². The van der Waals surface area contributed by atoms with Crippen molar-refractivity contribution < 1.29 is 17.9 Å². The molecule has 1 fully saturated rings. The van der Waals surface area contributed by atoms with Gasteiger partial charge in [0.25, 0.3) is 0 Å². The van der Waals surface area contributed by atoms with Crippen molar-refractivity contribution in [1.29, 1.82) is 0 Å². The zero-order valence-corrected chi connectivity index (χ0v) is 19.4. The lowest BCUT2D eigenvalue weighted by atomic mass is 10.1. The molecule has 0 spiro atoms. The summed E-state index contributed by atoms with van der Waals surface area (Å²) in [6.07, 6.45) is 0.801. The van der Waals surface area contributed by atoms with E-state index in [1.165, 1.54) is 21.2 Å². The average molecular weight is 472 g/mol. The number of morpholine rings is 1. The van der Waals surface area contributed by atoms with E-state index < -0.39 is 10.0 Å². The van der Waals surface area contributed by atoms with Crippen molar-refractivity contribution in [2.45, 2.75) is 24.7 Å².